The first kappa shape index (κ1) is 19.4. The van der Waals surface area contributed by atoms with Crippen LogP contribution in [0.15, 0.2) is 47.2 Å². The molecular weight excluding hydrogens is 304 g/mol. The smallest absolute Gasteiger partial charge is 0.0988 e. The van der Waals surface area contributed by atoms with Crippen molar-refractivity contribution in [2.24, 2.45) is 0 Å². The Bertz CT molecular complexity index is 709. The third-order valence-electron chi connectivity index (χ3n) is 4.98. The number of benzene rings is 1. The molecule has 1 unspecified atom stereocenters. The topological polar surface area (TPSA) is 6.48 Å². The van der Waals surface area contributed by atoms with Crippen LogP contribution < -0.4 is 4.90 Å². The monoisotopic (exact) mass is 338 g/mol. The van der Waals surface area contributed by atoms with Crippen LogP contribution in [-0.4, -0.2) is 24.2 Å². The van der Waals surface area contributed by atoms with Crippen LogP contribution in [0, 0.1) is 20.8 Å². The van der Waals surface area contributed by atoms with Crippen molar-refractivity contribution in [3.05, 3.63) is 63.9 Å². The second-order valence-corrected chi connectivity index (χ2v) is 7.80. The Morgan fingerprint density at radius 3 is 2.08 bits per heavy atom. The van der Waals surface area contributed by atoms with Gasteiger partial charge in [-0.3, -0.25) is 0 Å². The molecule has 0 saturated carbocycles. The predicted octanol–water partition coefficient (Wildman–Crippen LogP) is 5.90. The molecule has 2 heteroatoms. The summed E-state index contributed by atoms with van der Waals surface area (Å²) in [4.78, 5) is 5.05. The lowest BCUT2D eigenvalue weighted by atomic mass is 10.0. The summed E-state index contributed by atoms with van der Waals surface area (Å²) in [6, 6.07) is 4.59. The fourth-order valence-corrected chi connectivity index (χ4v) is 4.29. The number of aryl methyl sites for hydroxylation is 3. The molecule has 25 heavy (non-hydrogen) atoms. The van der Waals surface area contributed by atoms with Gasteiger partial charge in [0, 0.05) is 24.5 Å². The van der Waals surface area contributed by atoms with E-state index >= 15 is 0 Å². The maximum atomic E-state index is 4.26. The largest absolute Gasteiger partial charge is 0.349 e. The molecule has 0 radical (unpaired) electrons. The van der Waals surface area contributed by atoms with Crippen molar-refractivity contribution < 1.29 is 0 Å². The Morgan fingerprint density at radius 1 is 1.04 bits per heavy atom. The molecule has 0 spiro atoms. The van der Waals surface area contributed by atoms with Crippen molar-refractivity contribution in [3.63, 3.8) is 0 Å². The average molecular weight is 339 g/mol. The van der Waals surface area contributed by atoms with Crippen molar-refractivity contribution >= 4 is 5.69 Å². The van der Waals surface area contributed by atoms with Gasteiger partial charge < -0.3 is 9.80 Å². The third kappa shape index (κ3) is 4.00. The van der Waals surface area contributed by atoms with Crippen LogP contribution >= 0.6 is 0 Å². The molecule has 0 bridgehead atoms. The molecule has 1 aliphatic rings. The molecule has 1 aromatic rings. The van der Waals surface area contributed by atoms with Crippen LogP contribution in [0.5, 0.6) is 0 Å². The van der Waals surface area contributed by atoms with Crippen molar-refractivity contribution in [3.8, 4) is 0 Å². The number of hydrogen-bond acceptors (Lipinski definition) is 2. The summed E-state index contributed by atoms with van der Waals surface area (Å²) in [5.74, 6) is 0. The van der Waals surface area contributed by atoms with Gasteiger partial charge in [0.25, 0.3) is 0 Å². The van der Waals surface area contributed by atoms with E-state index < -0.39 is 0 Å². The van der Waals surface area contributed by atoms with E-state index in [4.69, 9.17) is 0 Å². The SMILES string of the molecule is C=C(C)/C(=C(/C)C=C(C)C)N1CCN(c2c(C)cc(C)cc2C)C1C. The Kier molecular flexibility index (Phi) is 5.82. The Morgan fingerprint density at radius 2 is 1.60 bits per heavy atom. The van der Waals surface area contributed by atoms with Crippen LogP contribution in [0.2, 0.25) is 0 Å². The minimum atomic E-state index is 0.326. The summed E-state index contributed by atoms with van der Waals surface area (Å²) in [5, 5.41) is 0. The van der Waals surface area contributed by atoms with E-state index in [2.05, 4.69) is 90.0 Å². The Balaban J connectivity index is 2.43. The molecule has 0 amide bonds. The number of rotatable bonds is 4. The molecule has 1 fully saturated rings. The van der Waals surface area contributed by atoms with Gasteiger partial charge in [0.1, 0.15) is 0 Å². The van der Waals surface area contributed by atoms with Gasteiger partial charge in [-0.2, -0.15) is 0 Å². The van der Waals surface area contributed by atoms with Gasteiger partial charge in [-0.15, -0.1) is 0 Å². The lowest BCUT2D eigenvalue weighted by molar-refractivity contribution is 0.344. The highest BCUT2D eigenvalue weighted by Gasteiger charge is 2.32. The van der Waals surface area contributed by atoms with Gasteiger partial charge in [0.15, 0.2) is 0 Å². The maximum absolute atomic E-state index is 4.26. The van der Waals surface area contributed by atoms with Crippen molar-refractivity contribution in [2.75, 3.05) is 18.0 Å². The molecule has 1 aromatic carbocycles. The summed E-state index contributed by atoms with van der Waals surface area (Å²) in [5.41, 5.74) is 10.5. The number of allylic oxidation sites excluding steroid dienone is 4. The second kappa shape index (κ2) is 7.51. The lowest BCUT2D eigenvalue weighted by Crippen LogP contribution is -2.37. The first-order valence-electron chi connectivity index (χ1n) is 9.26. The highest BCUT2D eigenvalue weighted by Crippen LogP contribution is 2.34. The van der Waals surface area contributed by atoms with Crippen LogP contribution in [0.3, 0.4) is 0 Å². The molecule has 0 aromatic heterocycles. The van der Waals surface area contributed by atoms with Crippen LogP contribution in [0.4, 0.5) is 5.69 Å². The van der Waals surface area contributed by atoms with Crippen molar-refractivity contribution in [1.29, 1.82) is 0 Å². The Labute approximate surface area is 154 Å². The van der Waals surface area contributed by atoms with Gasteiger partial charge in [0.2, 0.25) is 0 Å². The molecule has 0 aliphatic carbocycles. The van der Waals surface area contributed by atoms with Crippen LogP contribution in [0.1, 0.15) is 51.3 Å². The molecule has 2 rings (SSSR count). The van der Waals surface area contributed by atoms with E-state index in [1.54, 1.807) is 0 Å². The van der Waals surface area contributed by atoms with Gasteiger partial charge in [0.05, 0.1) is 6.17 Å². The molecule has 1 heterocycles. The highest BCUT2D eigenvalue weighted by molar-refractivity contribution is 5.61. The molecule has 1 atom stereocenters. The standard InChI is InChI=1S/C23H34N2/c1-15(2)12-18(6)22(16(3)4)24-10-11-25(21(24)9)23-19(7)13-17(5)14-20(23)8/h12-14,21H,3,10-11H2,1-2,4-9H3/b22-18+. The fraction of sp³-hybridized carbons (Fsp3) is 0.478. The number of nitrogens with zero attached hydrogens (tertiary/aromatic N) is 2. The summed E-state index contributed by atoms with van der Waals surface area (Å²) in [7, 11) is 0. The van der Waals surface area contributed by atoms with Crippen LogP contribution in [0.25, 0.3) is 0 Å². The Hall–Kier alpha value is -1.96. The first-order valence-corrected chi connectivity index (χ1v) is 9.26. The zero-order chi connectivity index (χ0) is 18.9. The van der Waals surface area contributed by atoms with Gasteiger partial charge in [-0.1, -0.05) is 35.9 Å². The fourth-order valence-electron chi connectivity index (χ4n) is 4.29. The zero-order valence-electron chi connectivity index (χ0n) is 17.3. The number of hydrogen-bond donors (Lipinski definition) is 0. The summed E-state index contributed by atoms with van der Waals surface area (Å²) < 4.78 is 0. The summed E-state index contributed by atoms with van der Waals surface area (Å²) in [6.07, 6.45) is 2.59. The lowest BCUT2D eigenvalue weighted by Gasteiger charge is -2.34. The first-order chi connectivity index (χ1) is 11.6. The molecule has 136 valence electrons. The minimum Gasteiger partial charge on any atom is -0.349 e. The summed E-state index contributed by atoms with van der Waals surface area (Å²) in [6.45, 7) is 23.9. The third-order valence-corrected chi connectivity index (χ3v) is 4.98. The second-order valence-electron chi connectivity index (χ2n) is 7.80. The van der Waals surface area contributed by atoms with E-state index in [9.17, 15) is 0 Å². The zero-order valence-corrected chi connectivity index (χ0v) is 17.3. The van der Waals surface area contributed by atoms with Crippen LogP contribution in [-0.2, 0) is 0 Å². The average Bonchev–Trinajstić information content (AvgIpc) is 2.79. The van der Waals surface area contributed by atoms with E-state index in [0.717, 1.165) is 18.7 Å². The molecule has 2 nitrogen and oxygen atoms in total. The quantitative estimate of drug-likeness (QED) is 0.631. The molecule has 1 saturated heterocycles. The van der Waals surface area contributed by atoms with E-state index in [1.165, 1.54) is 39.2 Å². The minimum absolute atomic E-state index is 0.326. The molecule has 1 aliphatic heterocycles. The van der Waals surface area contributed by atoms with Crippen molar-refractivity contribution in [2.45, 2.75) is 61.6 Å². The molecule has 0 N–H and O–H groups in total. The van der Waals surface area contributed by atoms with Crippen molar-refractivity contribution in [1.82, 2.24) is 4.90 Å². The van der Waals surface area contributed by atoms with E-state index in [-0.39, 0.29) is 0 Å². The summed E-state index contributed by atoms with van der Waals surface area (Å²) >= 11 is 0. The normalized spacial score (nSPS) is 18.3. The van der Waals surface area contributed by atoms with Gasteiger partial charge >= 0.3 is 0 Å². The number of anilines is 1. The maximum Gasteiger partial charge on any atom is 0.0988 e. The molecular formula is C23H34N2. The predicted molar refractivity (Wildman–Crippen MR) is 111 cm³/mol. The van der Waals surface area contributed by atoms with Gasteiger partial charge in [-0.05, 0) is 77.7 Å². The van der Waals surface area contributed by atoms with E-state index in [0.29, 0.717) is 6.17 Å². The van der Waals surface area contributed by atoms with E-state index in [1.807, 2.05) is 0 Å². The van der Waals surface area contributed by atoms with Gasteiger partial charge in [-0.25, -0.2) is 0 Å². The highest BCUT2D eigenvalue weighted by atomic mass is 15.4.